The highest BCUT2D eigenvalue weighted by molar-refractivity contribution is 5.96. The maximum atomic E-state index is 11.3. The molecule has 0 aliphatic carbocycles. The zero-order chi connectivity index (χ0) is 17.5. The standard InChI is InChI=1S/C17H22N2O5/c1-4-5-8-23-9-10-24-17-14(22-3)11-13(19(20)21)16-15(17)12(2)6-7-18-16/h6-7,11H,4-5,8-10H2,1-3H3. The molecule has 0 radical (unpaired) electrons. The Morgan fingerprint density at radius 1 is 1.29 bits per heavy atom. The Morgan fingerprint density at radius 3 is 2.75 bits per heavy atom. The lowest BCUT2D eigenvalue weighted by Gasteiger charge is -2.15. The van der Waals surface area contributed by atoms with E-state index in [1.807, 2.05) is 6.92 Å². The lowest BCUT2D eigenvalue weighted by molar-refractivity contribution is -0.383. The third kappa shape index (κ3) is 3.91. The molecule has 0 saturated heterocycles. The van der Waals surface area contributed by atoms with Crippen LogP contribution in [-0.2, 0) is 4.74 Å². The highest BCUT2D eigenvalue weighted by atomic mass is 16.6. The van der Waals surface area contributed by atoms with Crippen LogP contribution in [0, 0.1) is 17.0 Å². The molecule has 0 amide bonds. The molecule has 0 saturated carbocycles. The van der Waals surface area contributed by atoms with Gasteiger partial charge in [0.2, 0.25) is 0 Å². The zero-order valence-electron chi connectivity index (χ0n) is 14.2. The van der Waals surface area contributed by atoms with Crippen LogP contribution in [0.2, 0.25) is 0 Å². The highest BCUT2D eigenvalue weighted by Gasteiger charge is 2.23. The maximum Gasteiger partial charge on any atom is 0.299 e. The molecule has 0 unspecified atom stereocenters. The first-order valence-corrected chi connectivity index (χ1v) is 7.91. The smallest absolute Gasteiger partial charge is 0.299 e. The summed E-state index contributed by atoms with van der Waals surface area (Å²) in [6, 6.07) is 3.14. The van der Waals surface area contributed by atoms with E-state index in [2.05, 4.69) is 11.9 Å². The average molecular weight is 334 g/mol. The molecule has 0 aliphatic heterocycles. The molecule has 0 aliphatic rings. The first kappa shape index (κ1) is 17.9. The number of nitrogens with zero attached hydrogens (tertiary/aromatic N) is 2. The number of nitro groups is 1. The van der Waals surface area contributed by atoms with Gasteiger partial charge in [-0.3, -0.25) is 10.1 Å². The van der Waals surface area contributed by atoms with Crippen molar-refractivity contribution in [1.82, 2.24) is 4.98 Å². The topological polar surface area (TPSA) is 83.7 Å². The van der Waals surface area contributed by atoms with Crippen molar-refractivity contribution in [3.63, 3.8) is 0 Å². The molecule has 7 nitrogen and oxygen atoms in total. The number of aryl methyl sites for hydroxylation is 1. The lowest BCUT2D eigenvalue weighted by atomic mass is 10.1. The number of nitro benzene ring substituents is 1. The van der Waals surface area contributed by atoms with Crippen LogP contribution in [0.15, 0.2) is 18.3 Å². The summed E-state index contributed by atoms with van der Waals surface area (Å²) in [5, 5.41) is 11.9. The summed E-state index contributed by atoms with van der Waals surface area (Å²) in [4.78, 5) is 15.0. The van der Waals surface area contributed by atoms with E-state index >= 15 is 0 Å². The molecule has 24 heavy (non-hydrogen) atoms. The van der Waals surface area contributed by atoms with E-state index in [1.165, 1.54) is 13.2 Å². The van der Waals surface area contributed by atoms with Crippen LogP contribution in [0.4, 0.5) is 5.69 Å². The number of hydrogen-bond acceptors (Lipinski definition) is 6. The van der Waals surface area contributed by atoms with Crippen LogP contribution < -0.4 is 9.47 Å². The van der Waals surface area contributed by atoms with E-state index < -0.39 is 4.92 Å². The lowest BCUT2D eigenvalue weighted by Crippen LogP contribution is -2.09. The molecule has 0 N–H and O–H groups in total. The Kier molecular flexibility index (Phi) is 6.31. The summed E-state index contributed by atoms with van der Waals surface area (Å²) >= 11 is 0. The summed E-state index contributed by atoms with van der Waals surface area (Å²) in [6.45, 7) is 5.43. The van der Waals surface area contributed by atoms with E-state index in [-0.39, 0.29) is 5.69 Å². The predicted molar refractivity (Wildman–Crippen MR) is 90.9 cm³/mol. The molecule has 1 aromatic carbocycles. The number of unbranched alkanes of at least 4 members (excludes halogenated alkanes) is 1. The largest absolute Gasteiger partial charge is 0.493 e. The first-order valence-electron chi connectivity index (χ1n) is 7.91. The van der Waals surface area contributed by atoms with Crippen molar-refractivity contribution in [3.05, 3.63) is 34.0 Å². The summed E-state index contributed by atoms with van der Waals surface area (Å²) in [5.41, 5.74) is 1.03. The minimum Gasteiger partial charge on any atom is -0.493 e. The number of benzene rings is 1. The minimum atomic E-state index is -0.463. The van der Waals surface area contributed by atoms with E-state index in [9.17, 15) is 10.1 Å². The van der Waals surface area contributed by atoms with Crippen molar-refractivity contribution >= 4 is 16.6 Å². The molecule has 2 rings (SSSR count). The Bertz CT molecular complexity index is 718. The van der Waals surface area contributed by atoms with Crippen LogP contribution in [0.25, 0.3) is 10.9 Å². The predicted octanol–water partition coefficient (Wildman–Crippen LogP) is 3.66. The molecular formula is C17H22N2O5. The van der Waals surface area contributed by atoms with Crippen LogP contribution >= 0.6 is 0 Å². The molecule has 0 atom stereocenters. The number of pyridine rings is 1. The molecule has 2 aromatic rings. The SMILES string of the molecule is CCCCOCCOc1c(OC)cc([N+](=O)[O-])c2nccc(C)c12. The fourth-order valence-corrected chi connectivity index (χ4v) is 2.41. The number of methoxy groups -OCH3 is 1. The molecule has 1 aromatic heterocycles. The number of non-ortho nitro benzene ring substituents is 1. The van der Waals surface area contributed by atoms with Gasteiger partial charge in [0.1, 0.15) is 6.61 Å². The Morgan fingerprint density at radius 2 is 2.08 bits per heavy atom. The van der Waals surface area contributed by atoms with Gasteiger partial charge in [0.15, 0.2) is 17.0 Å². The highest BCUT2D eigenvalue weighted by Crippen LogP contribution is 2.41. The second-order valence-electron chi connectivity index (χ2n) is 5.35. The van der Waals surface area contributed by atoms with Crippen molar-refractivity contribution in [1.29, 1.82) is 0 Å². The molecule has 7 heteroatoms. The van der Waals surface area contributed by atoms with Gasteiger partial charge >= 0.3 is 0 Å². The average Bonchev–Trinajstić information content (AvgIpc) is 2.57. The number of aromatic nitrogens is 1. The van der Waals surface area contributed by atoms with Crippen LogP contribution in [0.1, 0.15) is 25.3 Å². The minimum absolute atomic E-state index is 0.0999. The molecule has 1 heterocycles. The third-order valence-corrected chi connectivity index (χ3v) is 3.65. The number of rotatable bonds is 9. The van der Waals surface area contributed by atoms with Crippen molar-refractivity contribution in [2.45, 2.75) is 26.7 Å². The van der Waals surface area contributed by atoms with Gasteiger partial charge in [-0.25, -0.2) is 4.98 Å². The molecule has 0 spiro atoms. The van der Waals surface area contributed by atoms with Gasteiger partial charge in [-0.2, -0.15) is 0 Å². The first-order chi connectivity index (χ1) is 11.6. The fourth-order valence-electron chi connectivity index (χ4n) is 2.41. The third-order valence-electron chi connectivity index (χ3n) is 3.65. The van der Waals surface area contributed by atoms with Gasteiger partial charge in [-0.05, 0) is 25.0 Å². The van der Waals surface area contributed by atoms with E-state index in [1.54, 1.807) is 12.3 Å². The fraction of sp³-hybridized carbons (Fsp3) is 0.471. The van der Waals surface area contributed by atoms with Gasteiger partial charge < -0.3 is 14.2 Å². The van der Waals surface area contributed by atoms with Crippen LogP contribution in [0.3, 0.4) is 0 Å². The van der Waals surface area contributed by atoms with E-state index in [0.717, 1.165) is 18.4 Å². The Balaban J connectivity index is 2.34. The molecule has 130 valence electrons. The van der Waals surface area contributed by atoms with Gasteiger partial charge in [-0.1, -0.05) is 13.3 Å². The van der Waals surface area contributed by atoms with Crippen molar-refractivity contribution in [2.24, 2.45) is 0 Å². The summed E-state index contributed by atoms with van der Waals surface area (Å²) in [7, 11) is 1.46. The normalized spacial score (nSPS) is 10.8. The van der Waals surface area contributed by atoms with Gasteiger partial charge in [0, 0.05) is 12.8 Å². The van der Waals surface area contributed by atoms with Gasteiger partial charge in [-0.15, -0.1) is 0 Å². The Hall–Kier alpha value is -2.41. The monoisotopic (exact) mass is 334 g/mol. The maximum absolute atomic E-state index is 11.3. The second-order valence-corrected chi connectivity index (χ2v) is 5.35. The van der Waals surface area contributed by atoms with Crippen molar-refractivity contribution in [2.75, 3.05) is 26.9 Å². The zero-order valence-corrected chi connectivity index (χ0v) is 14.2. The number of ether oxygens (including phenoxy) is 3. The van der Waals surface area contributed by atoms with E-state index in [0.29, 0.717) is 42.2 Å². The molecule has 0 bridgehead atoms. The van der Waals surface area contributed by atoms with Crippen LogP contribution in [-0.4, -0.2) is 36.8 Å². The summed E-state index contributed by atoms with van der Waals surface area (Å²) in [6.07, 6.45) is 3.63. The number of hydrogen-bond donors (Lipinski definition) is 0. The molecule has 0 fully saturated rings. The van der Waals surface area contributed by atoms with Crippen LogP contribution in [0.5, 0.6) is 11.5 Å². The van der Waals surface area contributed by atoms with Crippen molar-refractivity contribution in [3.8, 4) is 11.5 Å². The van der Waals surface area contributed by atoms with Crippen molar-refractivity contribution < 1.29 is 19.1 Å². The second kappa shape index (κ2) is 8.44. The van der Waals surface area contributed by atoms with Gasteiger partial charge in [0.25, 0.3) is 5.69 Å². The van der Waals surface area contributed by atoms with Gasteiger partial charge in [0.05, 0.1) is 30.1 Å². The van der Waals surface area contributed by atoms with E-state index in [4.69, 9.17) is 14.2 Å². The quantitative estimate of drug-likeness (QED) is 0.395. The summed E-state index contributed by atoms with van der Waals surface area (Å²) in [5.74, 6) is 0.779. The Labute approximate surface area is 140 Å². The number of fused-ring (bicyclic) bond motifs is 1. The summed E-state index contributed by atoms with van der Waals surface area (Å²) < 4.78 is 16.6. The molecular weight excluding hydrogens is 312 g/mol.